The van der Waals surface area contributed by atoms with Gasteiger partial charge in [-0.25, -0.2) is 0 Å². The third-order valence-corrected chi connectivity index (χ3v) is 7.74. The number of hydrogen-bond acceptors (Lipinski definition) is 6. The Balaban J connectivity index is 1.44. The average molecular weight is 551 g/mol. The zero-order valence-electron chi connectivity index (χ0n) is 23.6. The third-order valence-electron chi connectivity index (χ3n) is 7.74. The number of nitrogens with zero attached hydrogens (tertiary/aromatic N) is 4. The molecule has 212 valence electrons. The van der Waals surface area contributed by atoms with E-state index < -0.39 is 11.6 Å². The average Bonchev–Trinajstić information content (AvgIpc) is 3.46. The summed E-state index contributed by atoms with van der Waals surface area (Å²) in [5.74, 6) is -0.162. The maximum atomic E-state index is 11.6. The minimum Gasteiger partial charge on any atom is -0.466 e. The third kappa shape index (κ3) is 6.47. The lowest BCUT2D eigenvalue weighted by molar-refractivity contribution is -0.143. The SMILES string of the molecule is CCOC(=O)CCCCn1cc(C=C2CN(C(c3ccccc3)(c3ccccc3)c3ccccc3)CCC2O)nn1. The summed E-state index contributed by atoms with van der Waals surface area (Å²) in [6.07, 6.45) is 5.90. The van der Waals surface area contributed by atoms with Crippen LogP contribution in [0.25, 0.3) is 6.08 Å². The van der Waals surface area contributed by atoms with Crippen LogP contribution in [-0.4, -0.2) is 56.8 Å². The normalized spacial score (nSPS) is 17.0. The highest BCUT2D eigenvalue weighted by molar-refractivity contribution is 5.69. The van der Waals surface area contributed by atoms with Crippen molar-refractivity contribution in [2.45, 2.75) is 50.8 Å². The van der Waals surface area contributed by atoms with E-state index in [1.165, 1.54) is 16.7 Å². The number of benzene rings is 3. The summed E-state index contributed by atoms with van der Waals surface area (Å²) in [6, 6.07) is 31.9. The smallest absolute Gasteiger partial charge is 0.305 e. The van der Waals surface area contributed by atoms with Crippen molar-refractivity contribution in [2.75, 3.05) is 19.7 Å². The van der Waals surface area contributed by atoms with E-state index in [2.05, 4.69) is 106 Å². The van der Waals surface area contributed by atoms with Crippen molar-refractivity contribution >= 4 is 12.0 Å². The van der Waals surface area contributed by atoms with Gasteiger partial charge >= 0.3 is 5.97 Å². The van der Waals surface area contributed by atoms with Crippen molar-refractivity contribution < 1.29 is 14.6 Å². The van der Waals surface area contributed by atoms with Crippen molar-refractivity contribution in [3.8, 4) is 0 Å². The number of carbonyl (C=O) groups excluding carboxylic acids is 1. The number of aryl methyl sites for hydroxylation is 1. The second-order valence-electron chi connectivity index (χ2n) is 10.4. The predicted octanol–water partition coefficient (Wildman–Crippen LogP) is 5.45. The van der Waals surface area contributed by atoms with Gasteiger partial charge in [-0.2, -0.15) is 0 Å². The summed E-state index contributed by atoms with van der Waals surface area (Å²) in [4.78, 5) is 14.1. The quantitative estimate of drug-likeness (QED) is 0.152. The van der Waals surface area contributed by atoms with Gasteiger partial charge in [0, 0.05) is 26.1 Å². The highest BCUT2D eigenvalue weighted by Crippen LogP contribution is 2.44. The highest BCUT2D eigenvalue weighted by atomic mass is 16.5. The van der Waals surface area contributed by atoms with Gasteiger partial charge in [-0.05, 0) is 54.5 Å². The van der Waals surface area contributed by atoms with Gasteiger partial charge in [0.05, 0.1) is 24.4 Å². The number of ether oxygens (including phenoxy) is 1. The maximum Gasteiger partial charge on any atom is 0.305 e. The molecule has 1 unspecified atom stereocenters. The number of likely N-dealkylation sites (tertiary alicyclic amines) is 1. The second kappa shape index (κ2) is 13.5. The number of piperidine rings is 1. The van der Waals surface area contributed by atoms with E-state index in [9.17, 15) is 9.90 Å². The first-order valence-corrected chi connectivity index (χ1v) is 14.5. The van der Waals surface area contributed by atoms with Crippen LogP contribution in [0, 0.1) is 0 Å². The Bertz CT molecular complexity index is 1320. The number of aromatic nitrogens is 3. The van der Waals surface area contributed by atoms with Crippen LogP contribution < -0.4 is 0 Å². The number of aliphatic hydroxyl groups is 1. The molecule has 0 radical (unpaired) electrons. The molecular weight excluding hydrogens is 512 g/mol. The number of hydrogen-bond donors (Lipinski definition) is 1. The number of esters is 1. The van der Waals surface area contributed by atoms with Crippen molar-refractivity contribution in [2.24, 2.45) is 0 Å². The van der Waals surface area contributed by atoms with Crippen molar-refractivity contribution in [3.05, 3.63) is 125 Å². The molecule has 1 saturated heterocycles. The summed E-state index contributed by atoms with van der Waals surface area (Å²) in [5.41, 5.74) is 4.64. The minimum atomic E-state index is -0.555. The lowest BCUT2D eigenvalue weighted by Crippen LogP contribution is -2.52. The molecule has 1 aromatic heterocycles. The fourth-order valence-corrected chi connectivity index (χ4v) is 5.84. The first-order chi connectivity index (χ1) is 20.1. The van der Waals surface area contributed by atoms with Crippen molar-refractivity contribution in [1.29, 1.82) is 0 Å². The van der Waals surface area contributed by atoms with E-state index in [-0.39, 0.29) is 5.97 Å². The van der Waals surface area contributed by atoms with Crippen LogP contribution in [-0.2, 0) is 21.6 Å². The Labute approximate surface area is 242 Å². The molecule has 0 amide bonds. The first kappa shape index (κ1) is 28.5. The zero-order valence-corrected chi connectivity index (χ0v) is 23.6. The van der Waals surface area contributed by atoms with Gasteiger partial charge in [-0.3, -0.25) is 14.4 Å². The van der Waals surface area contributed by atoms with Gasteiger partial charge in [-0.15, -0.1) is 5.10 Å². The lowest BCUT2D eigenvalue weighted by Gasteiger charge is -2.48. The van der Waals surface area contributed by atoms with E-state index in [1.54, 1.807) is 4.68 Å². The molecule has 4 aromatic rings. The molecule has 1 atom stereocenters. The summed E-state index contributed by atoms with van der Waals surface area (Å²) >= 11 is 0. The molecule has 0 saturated carbocycles. The standard InChI is InChI=1S/C34H38N4O3/c1-2-41-33(40)20-12-13-22-38-26-31(35-36-38)24-27-25-37(23-21-32(27)39)34(28-14-6-3-7-15-28,29-16-8-4-9-17-29)30-18-10-5-11-19-30/h3-11,14-19,24,26,32,39H,2,12-13,20-23,25H2,1H3. The Morgan fingerprint density at radius 1 is 0.951 bits per heavy atom. The topological polar surface area (TPSA) is 80.5 Å². The fourth-order valence-electron chi connectivity index (χ4n) is 5.84. The van der Waals surface area contributed by atoms with Crippen LogP contribution in [0.4, 0.5) is 0 Å². The Hall–Kier alpha value is -4.07. The predicted molar refractivity (Wildman–Crippen MR) is 160 cm³/mol. The summed E-state index contributed by atoms with van der Waals surface area (Å²) in [5, 5.41) is 19.8. The zero-order chi connectivity index (χ0) is 28.5. The Kier molecular flexibility index (Phi) is 9.39. The summed E-state index contributed by atoms with van der Waals surface area (Å²) in [6.45, 7) is 4.20. The second-order valence-corrected chi connectivity index (χ2v) is 10.4. The summed E-state index contributed by atoms with van der Waals surface area (Å²) in [7, 11) is 0. The largest absolute Gasteiger partial charge is 0.466 e. The monoisotopic (exact) mass is 550 g/mol. The fraction of sp³-hybridized carbons (Fsp3) is 0.324. The van der Waals surface area contributed by atoms with E-state index in [0.29, 0.717) is 32.5 Å². The molecule has 7 heteroatoms. The first-order valence-electron chi connectivity index (χ1n) is 14.5. The molecule has 5 rings (SSSR count). The molecule has 2 heterocycles. The number of carbonyl (C=O) groups is 1. The van der Waals surface area contributed by atoms with E-state index in [4.69, 9.17) is 4.74 Å². The summed E-state index contributed by atoms with van der Waals surface area (Å²) < 4.78 is 6.80. The van der Waals surface area contributed by atoms with Crippen LogP contribution >= 0.6 is 0 Å². The molecule has 41 heavy (non-hydrogen) atoms. The van der Waals surface area contributed by atoms with Gasteiger partial charge in [0.1, 0.15) is 5.69 Å². The van der Waals surface area contributed by atoms with Crippen LogP contribution in [0.1, 0.15) is 55.0 Å². The molecule has 1 fully saturated rings. The van der Waals surface area contributed by atoms with E-state index in [1.807, 2.05) is 19.2 Å². The molecule has 0 aliphatic carbocycles. The maximum absolute atomic E-state index is 11.6. The van der Waals surface area contributed by atoms with Crippen molar-refractivity contribution in [1.82, 2.24) is 19.9 Å². The minimum absolute atomic E-state index is 0.162. The molecule has 1 aliphatic heterocycles. The van der Waals surface area contributed by atoms with E-state index >= 15 is 0 Å². The number of aliphatic hydroxyl groups excluding tert-OH is 1. The van der Waals surface area contributed by atoms with E-state index in [0.717, 1.165) is 30.7 Å². The van der Waals surface area contributed by atoms with Gasteiger partial charge in [0.2, 0.25) is 0 Å². The Morgan fingerprint density at radius 3 is 2.10 bits per heavy atom. The van der Waals surface area contributed by atoms with Crippen LogP contribution in [0.15, 0.2) is 103 Å². The molecule has 7 nitrogen and oxygen atoms in total. The molecular formula is C34H38N4O3. The number of rotatable bonds is 11. The van der Waals surface area contributed by atoms with Gasteiger partial charge < -0.3 is 9.84 Å². The molecule has 0 spiro atoms. The highest BCUT2D eigenvalue weighted by Gasteiger charge is 2.44. The molecule has 3 aromatic carbocycles. The molecule has 1 aliphatic rings. The number of unbranched alkanes of at least 4 members (excludes halogenated alkanes) is 1. The van der Waals surface area contributed by atoms with Crippen LogP contribution in [0.5, 0.6) is 0 Å². The molecule has 0 bridgehead atoms. The van der Waals surface area contributed by atoms with Gasteiger partial charge in [-0.1, -0.05) is 96.2 Å². The van der Waals surface area contributed by atoms with Gasteiger partial charge in [0.25, 0.3) is 0 Å². The van der Waals surface area contributed by atoms with Crippen LogP contribution in [0.2, 0.25) is 0 Å². The van der Waals surface area contributed by atoms with Crippen molar-refractivity contribution in [3.63, 3.8) is 0 Å². The lowest BCUT2D eigenvalue weighted by atomic mass is 9.74. The molecule has 1 N–H and O–H groups in total. The van der Waals surface area contributed by atoms with Crippen LogP contribution in [0.3, 0.4) is 0 Å². The Morgan fingerprint density at radius 2 is 1.54 bits per heavy atom. The van der Waals surface area contributed by atoms with Gasteiger partial charge in [0.15, 0.2) is 0 Å².